The molecule has 0 bridgehead atoms. The number of nitrogens with zero attached hydrogens (tertiary/aromatic N) is 1. The highest BCUT2D eigenvalue weighted by molar-refractivity contribution is 7.90. The summed E-state index contributed by atoms with van der Waals surface area (Å²) in [6, 6.07) is 6.69. The van der Waals surface area contributed by atoms with Gasteiger partial charge in [0.2, 0.25) is 5.91 Å². The van der Waals surface area contributed by atoms with Crippen LogP contribution in [0.1, 0.15) is 32.3 Å². The van der Waals surface area contributed by atoms with Gasteiger partial charge in [0.1, 0.15) is 5.84 Å². The molecule has 0 atom stereocenters. The van der Waals surface area contributed by atoms with Crippen molar-refractivity contribution in [3.63, 3.8) is 0 Å². The maximum Gasteiger partial charge on any atom is 0.263 e. The molecule has 4 N–H and O–H groups in total. The number of carbonyl (C=O) groups is 1. The topological polar surface area (TPSA) is 114 Å². The van der Waals surface area contributed by atoms with Crippen LogP contribution < -0.4 is 15.8 Å². The number of hydrogen-bond donors (Lipinski definition) is 3. The Morgan fingerprint density at radius 3 is 2.74 bits per heavy atom. The van der Waals surface area contributed by atoms with Crippen molar-refractivity contribution in [2.75, 3.05) is 13.1 Å². The monoisotopic (exact) mass is 338 g/mol. The van der Waals surface area contributed by atoms with Gasteiger partial charge in [0, 0.05) is 30.6 Å². The summed E-state index contributed by atoms with van der Waals surface area (Å²) in [4.78, 5) is 16.3. The Morgan fingerprint density at radius 1 is 1.35 bits per heavy atom. The summed E-state index contributed by atoms with van der Waals surface area (Å²) in [6.07, 6.45) is 0.842. The first-order valence-electron chi connectivity index (χ1n) is 7.43. The Kier molecular flexibility index (Phi) is 5.06. The van der Waals surface area contributed by atoms with Crippen LogP contribution in [0.2, 0.25) is 0 Å². The molecule has 0 saturated heterocycles. The molecule has 0 spiro atoms. The van der Waals surface area contributed by atoms with E-state index < -0.39 is 15.6 Å². The summed E-state index contributed by atoms with van der Waals surface area (Å²) in [5, 5.41) is 2.84. The summed E-state index contributed by atoms with van der Waals surface area (Å²) < 4.78 is 26.3. The summed E-state index contributed by atoms with van der Waals surface area (Å²) in [5.74, 6) is 0.247. The van der Waals surface area contributed by atoms with E-state index in [9.17, 15) is 13.2 Å². The van der Waals surface area contributed by atoms with Gasteiger partial charge in [-0.3, -0.25) is 14.5 Å². The Labute approximate surface area is 136 Å². The number of amidine groups is 1. The molecule has 0 aliphatic carbocycles. The molecule has 23 heavy (non-hydrogen) atoms. The van der Waals surface area contributed by atoms with E-state index in [1.807, 2.05) is 13.8 Å². The lowest BCUT2D eigenvalue weighted by atomic mass is 10.1. The Bertz CT molecular complexity index is 726. The predicted octanol–water partition coefficient (Wildman–Crippen LogP) is 0.359. The van der Waals surface area contributed by atoms with E-state index in [0.29, 0.717) is 37.3 Å². The molecule has 1 amide bonds. The molecule has 0 saturated carbocycles. The fourth-order valence-electron chi connectivity index (χ4n) is 2.17. The molecule has 1 aromatic rings. The van der Waals surface area contributed by atoms with Gasteiger partial charge in [0.15, 0.2) is 0 Å². The first kappa shape index (κ1) is 17.4. The van der Waals surface area contributed by atoms with E-state index in [0.717, 1.165) is 0 Å². The van der Waals surface area contributed by atoms with Crippen molar-refractivity contribution in [1.82, 2.24) is 10.0 Å². The normalized spacial score (nSPS) is 17.6. The Balaban J connectivity index is 1.92. The van der Waals surface area contributed by atoms with Gasteiger partial charge < -0.3 is 11.1 Å². The zero-order valence-corrected chi connectivity index (χ0v) is 14.1. The van der Waals surface area contributed by atoms with E-state index in [4.69, 9.17) is 5.73 Å². The molecular formula is C15H22N4O3S. The third kappa shape index (κ3) is 4.29. The van der Waals surface area contributed by atoms with Crippen molar-refractivity contribution < 1.29 is 13.2 Å². The third-order valence-corrected chi connectivity index (χ3v) is 4.88. The standard InChI is InChI=1S/C15H22N4O3S/c1-15(2,10-16)18-13(20)8-5-9-17-14-11-6-3-4-7-12(11)23(21,22)19-14/h3-4,6-7H,5,8-10,16H2,1-2H3,(H,17,19)(H,18,20). The number of nitrogens with one attached hydrogen (secondary N) is 2. The summed E-state index contributed by atoms with van der Waals surface area (Å²) in [7, 11) is -3.51. The van der Waals surface area contributed by atoms with Crippen LogP contribution in [-0.2, 0) is 14.8 Å². The lowest BCUT2D eigenvalue weighted by Gasteiger charge is -2.24. The predicted molar refractivity (Wildman–Crippen MR) is 88.7 cm³/mol. The molecule has 126 valence electrons. The van der Waals surface area contributed by atoms with Gasteiger partial charge in [-0.25, -0.2) is 8.42 Å². The molecule has 1 aliphatic heterocycles. The fourth-order valence-corrected chi connectivity index (χ4v) is 3.42. The van der Waals surface area contributed by atoms with Crippen molar-refractivity contribution >= 4 is 21.8 Å². The van der Waals surface area contributed by atoms with Gasteiger partial charge in [-0.2, -0.15) is 0 Å². The zero-order valence-electron chi connectivity index (χ0n) is 13.3. The molecule has 0 aromatic heterocycles. The van der Waals surface area contributed by atoms with Gasteiger partial charge in [0.25, 0.3) is 10.0 Å². The number of hydrogen-bond acceptors (Lipinski definition) is 5. The second-order valence-electron chi connectivity index (χ2n) is 6.07. The smallest absolute Gasteiger partial charge is 0.263 e. The van der Waals surface area contributed by atoms with Crippen LogP contribution >= 0.6 is 0 Å². The Morgan fingerprint density at radius 2 is 2.04 bits per heavy atom. The summed E-state index contributed by atoms with van der Waals surface area (Å²) in [5.41, 5.74) is 5.70. The molecular weight excluding hydrogens is 316 g/mol. The Hall–Kier alpha value is -1.93. The molecule has 1 aromatic carbocycles. The number of amides is 1. The maximum absolute atomic E-state index is 11.9. The van der Waals surface area contributed by atoms with Crippen LogP contribution in [0, 0.1) is 0 Å². The molecule has 7 nitrogen and oxygen atoms in total. The van der Waals surface area contributed by atoms with Crippen LogP contribution in [0.3, 0.4) is 0 Å². The first-order valence-corrected chi connectivity index (χ1v) is 8.91. The number of sulfonamides is 1. The quantitative estimate of drug-likeness (QED) is 0.650. The number of carbonyl (C=O) groups excluding carboxylic acids is 1. The van der Waals surface area contributed by atoms with Gasteiger partial charge in [0.05, 0.1) is 4.90 Å². The van der Waals surface area contributed by atoms with Crippen molar-refractivity contribution in [2.24, 2.45) is 10.7 Å². The van der Waals surface area contributed by atoms with Gasteiger partial charge in [-0.05, 0) is 32.4 Å². The van der Waals surface area contributed by atoms with Gasteiger partial charge in [-0.1, -0.05) is 12.1 Å². The van der Waals surface area contributed by atoms with E-state index in [-0.39, 0.29) is 10.8 Å². The second-order valence-corrected chi connectivity index (χ2v) is 7.72. The highest BCUT2D eigenvalue weighted by Crippen LogP contribution is 2.22. The van der Waals surface area contributed by atoms with Crippen LogP contribution in [0.4, 0.5) is 0 Å². The number of aliphatic imine (C=N–C) groups is 1. The second kappa shape index (κ2) is 6.67. The van der Waals surface area contributed by atoms with Crippen LogP contribution in [0.15, 0.2) is 34.2 Å². The van der Waals surface area contributed by atoms with E-state index in [1.165, 1.54) is 0 Å². The molecule has 8 heteroatoms. The minimum absolute atomic E-state index is 0.0898. The number of benzene rings is 1. The third-order valence-electron chi connectivity index (χ3n) is 3.48. The van der Waals surface area contributed by atoms with E-state index in [1.54, 1.807) is 24.3 Å². The van der Waals surface area contributed by atoms with Crippen molar-refractivity contribution in [2.45, 2.75) is 37.1 Å². The molecule has 0 fully saturated rings. The lowest BCUT2D eigenvalue weighted by molar-refractivity contribution is -0.122. The average molecular weight is 338 g/mol. The fraction of sp³-hybridized carbons (Fsp3) is 0.467. The van der Waals surface area contributed by atoms with Crippen molar-refractivity contribution in [3.05, 3.63) is 29.8 Å². The highest BCUT2D eigenvalue weighted by Gasteiger charge is 2.29. The van der Waals surface area contributed by atoms with E-state index in [2.05, 4.69) is 15.0 Å². The van der Waals surface area contributed by atoms with Crippen LogP contribution in [0.25, 0.3) is 0 Å². The van der Waals surface area contributed by atoms with E-state index >= 15 is 0 Å². The van der Waals surface area contributed by atoms with Gasteiger partial charge >= 0.3 is 0 Å². The largest absolute Gasteiger partial charge is 0.350 e. The summed E-state index contributed by atoms with van der Waals surface area (Å²) >= 11 is 0. The maximum atomic E-state index is 11.9. The minimum Gasteiger partial charge on any atom is -0.350 e. The average Bonchev–Trinajstić information content (AvgIpc) is 2.75. The minimum atomic E-state index is -3.51. The van der Waals surface area contributed by atoms with Crippen LogP contribution in [0.5, 0.6) is 0 Å². The highest BCUT2D eigenvalue weighted by atomic mass is 32.2. The van der Waals surface area contributed by atoms with Crippen molar-refractivity contribution in [1.29, 1.82) is 0 Å². The SMILES string of the molecule is CC(C)(CN)NC(=O)CCCN=C1NS(=O)(=O)c2ccccc21. The van der Waals surface area contributed by atoms with Gasteiger partial charge in [-0.15, -0.1) is 0 Å². The lowest BCUT2D eigenvalue weighted by Crippen LogP contribution is -2.48. The number of rotatable bonds is 6. The number of nitrogens with two attached hydrogens (primary N) is 1. The molecule has 0 radical (unpaired) electrons. The molecule has 2 rings (SSSR count). The molecule has 1 heterocycles. The van der Waals surface area contributed by atoms with Crippen LogP contribution in [-0.4, -0.2) is 38.8 Å². The zero-order chi connectivity index (χ0) is 17.1. The van der Waals surface area contributed by atoms with Crippen molar-refractivity contribution in [3.8, 4) is 0 Å². The first-order chi connectivity index (χ1) is 10.7. The number of fused-ring (bicyclic) bond motifs is 1. The molecule has 1 aliphatic rings. The molecule has 0 unspecified atom stereocenters. The summed E-state index contributed by atoms with van der Waals surface area (Å²) in [6.45, 7) is 4.44.